The van der Waals surface area contributed by atoms with Crippen molar-refractivity contribution in [2.24, 2.45) is 5.92 Å². The molecule has 1 N–H and O–H groups in total. The Labute approximate surface area is 181 Å². The number of para-hydroxylation sites is 1. The van der Waals surface area contributed by atoms with Gasteiger partial charge in [0, 0.05) is 30.6 Å². The first kappa shape index (κ1) is 21.3. The molecule has 1 fully saturated rings. The lowest BCUT2D eigenvalue weighted by Crippen LogP contribution is -2.41. The van der Waals surface area contributed by atoms with Crippen molar-refractivity contribution in [2.45, 2.75) is 24.7 Å². The highest BCUT2D eigenvalue weighted by molar-refractivity contribution is 7.89. The van der Waals surface area contributed by atoms with Crippen LogP contribution >= 0.6 is 0 Å². The number of carbonyl (C=O) groups excluding carboxylic acids is 2. The fourth-order valence-corrected chi connectivity index (χ4v) is 4.88. The highest BCUT2D eigenvalue weighted by Gasteiger charge is 2.27. The van der Waals surface area contributed by atoms with E-state index in [0.717, 1.165) is 5.39 Å². The van der Waals surface area contributed by atoms with Crippen LogP contribution in [-0.2, 0) is 10.0 Å². The van der Waals surface area contributed by atoms with Crippen molar-refractivity contribution in [3.05, 3.63) is 65.9 Å². The van der Waals surface area contributed by atoms with Gasteiger partial charge in [-0.1, -0.05) is 30.3 Å². The van der Waals surface area contributed by atoms with Gasteiger partial charge in [0.05, 0.1) is 4.90 Å². The number of likely N-dealkylation sites (tertiary alicyclic amines) is 1. The zero-order chi connectivity index (χ0) is 22.0. The third-order valence-electron chi connectivity index (χ3n) is 5.67. The van der Waals surface area contributed by atoms with E-state index < -0.39 is 10.0 Å². The van der Waals surface area contributed by atoms with Gasteiger partial charge in [0.1, 0.15) is 5.58 Å². The highest BCUT2D eigenvalue weighted by atomic mass is 32.2. The molecule has 0 radical (unpaired) electrons. The van der Waals surface area contributed by atoms with E-state index in [1.807, 2.05) is 24.3 Å². The average molecular weight is 441 g/mol. The van der Waals surface area contributed by atoms with Crippen LogP contribution in [0.3, 0.4) is 0 Å². The molecule has 0 spiro atoms. The molecule has 1 aromatic heterocycles. The van der Waals surface area contributed by atoms with Gasteiger partial charge in [-0.2, -0.15) is 0 Å². The second kappa shape index (κ2) is 8.64. The number of benzene rings is 2. The number of nitrogens with one attached hydrogen (secondary N) is 1. The number of hydrogen-bond acceptors (Lipinski definition) is 5. The molecule has 0 bridgehead atoms. The van der Waals surface area contributed by atoms with Crippen LogP contribution in [0.5, 0.6) is 0 Å². The van der Waals surface area contributed by atoms with Crippen LogP contribution in [0.2, 0.25) is 0 Å². The molecule has 0 atom stereocenters. The van der Waals surface area contributed by atoms with Gasteiger partial charge in [-0.05, 0) is 49.9 Å². The van der Waals surface area contributed by atoms with Crippen molar-refractivity contribution in [3.8, 4) is 0 Å². The minimum Gasteiger partial charge on any atom is -0.451 e. The topological polar surface area (TPSA) is 96.7 Å². The standard InChI is InChI=1S/C23H24N2O5S/c1-16(26)18-6-8-20(9-7-18)31(28,29)24-15-17-10-12-25(13-11-17)23(27)22-14-19-4-2-3-5-21(19)30-22/h2-9,14,17,24H,10-13,15H2,1H3. The third kappa shape index (κ3) is 4.70. The first-order chi connectivity index (χ1) is 14.8. The Kier molecular flexibility index (Phi) is 5.93. The molecular formula is C23H24N2O5S. The number of amides is 1. The summed E-state index contributed by atoms with van der Waals surface area (Å²) in [5, 5.41) is 0.895. The van der Waals surface area contributed by atoms with E-state index in [-0.39, 0.29) is 22.5 Å². The summed E-state index contributed by atoms with van der Waals surface area (Å²) in [5.74, 6) is 0.224. The van der Waals surface area contributed by atoms with Crippen molar-refractivity contribution in [1.29, 1.82) is 0 Å². The second-order valence-corrected chi connectivity index (χ2v) is 9.58. The van der Waals surface area contributed by atoms with Gasteiger partial charge in [-0.25, -0.2) is 13.1 Å². The van der Waals surface area contributed by atoms with Gasteiger partial charge in [0.2, 0.25) is 10.0 Å². The lowest BCUT2D eigenvalue weighted by molar-refractivity contribution is 0.0662. The number of nitrogens with zero attached hydrogens (tertiary/aromatic N) is 1. The summed E-state index contributed by atoms with van der Waals surface area (Å²) < 4.78 is 33.4. The van der Waals surface area contributed by atoms with Crippen molar-refractivity contribution in [2.75, 3.05) is 19.6 Å². The first-order valence-electron chi connectivity index (χ1n) is 10.2. The Morgan fingerprint density at radius 1 is 1.06 bits per heavy atom. The Morgan fingerprint density at radius 2 is 1.74 bits per heavy atom. The van der Waals surface area contributed by atoms with Crippen LogP contribution in [0, 0.1) is 5.92 Å². The van der Waals surface area contributed by atoms with E-state index in [0.29, 0.717) is 49.4 Å². The van der Waals surface area contributed by atoms with Gasteiger partial charge >= 0.3 is 0 Å². The van der Waals surface area contributed by atoms with Crippen LogP contribution in [0.25, 0.3) is 11.0 Å². The van der Waals surface area contributed by atoms with Gasteiger partial charge in [-0.15, -0.1) is 0 Å². The van der Waals surface area contributed by atoms with Crippen LogP contribution in [0.15, 0.2) is 63.9 Å². The summed E-state index contributed by atoms with van der Waals surface area (Å²) >= 11 is 0. The Bertz CT molecular complexity index is 1170. The van der Waals surface area contributed by atoms with Gasteiger partial charge in [0.25, 0.3) is 5.91 Å². The number of fused-ring (bicyclic) bond motifs is 1. The number of carbonyl (C=O) groups is 2. The molecule has 3 aromatic rings. The molecule has 1 saturated heterocycles. The molecule has 8 heteroatoms. The average Bonchev–Trinajstić information content (AvgIpc) is 3.22. The monoisotopic (exact) mass is 440 g/mol. The number of ketones is 1. The van der Waals surface area contributed by atoms with E-state index in [9.17, 15) is 18.0 Å². The quantitative estimate of drug-likeness (QED) is 0.592. The maximum absolute atomic E-state index is 12.8. The highest BCUT2D eigenvalue weighted by Crippen LogP contribution is 2.23. The maximum atomic E-state index is 12.8. The minimum atomic E-state index is -3.65. The van der Waals surface area contributed by atoms with E-state index in [1.54, 1.807) is 11.0 Å². The molecule has 7 nitrogen and oxygen atoms in total. The zero-order valence-electron chi connectivity index (χ0n) is 17.2. The molecular weight excluding hydrogens is 416 g/mol. The Morgan fingerprint density at radius 3 is 2.39 bits per heavy atom. The fourth-order valence-electron chi connectivity index (χ4n) is 3.76. The van der Waals surface area contributed by atoms with Gasteiger partial charge in [-0.3, -0.25) is 9.59 Å². The zero-order valence-corrected chi connectivity index (χ0v) is 18.0. The summed E-state index contributed by atoms with van der Waals surface area (Å²) in [7, 11) is -3.65. The number of furan rings is 1. The number of Topliss-reactive ketones (excluding diaryl/α,β-unsaturated/α-hetero) is 1. The molecule has 4 rings (SSSR count). The van der Waals surface area contributed by atoms with E-state index >= 15 is 0 Å². The first-order valence-corrected chi connectivity index (χ1v) is 11.7. The van der Waals surface area contributed by atoms with Crippen LogP contribution in [-0.4, -0.2) is 44.6 Å². The molecule has 1 aliphatic rings. The smallest absolute Gasteiger partial charge is 0.289 e. The van der Waals surface area contributed by atoms with E-state index in [1.165, 1.54) is 31.2 Å². The maximum Gasteiger partial charge on any atom is 0.289 e. The molecule has 2 heterocycles. The number of hydrogen-bond donors (Lipinski definition) is 1. The van der Waals surface area contributed by atoms with E-state index in [4.69, 9.17) is 4.42 Å². The number of piperidine rings is 1. The van der Waals surface area contributed by atoms with Crippen molar-refractivity contribution in [3.63, 3.8) is 0 Å². The summed E-state index contributed by atoms with van der Waals surface area (Å²) in [6, 6.07) is 15.2. The largest absolute Gasteiger partial charge is 0.451 e. The SMILES string of the molecule is CC(=O)c1ccc(S(=O)(=O)NCC2CCN(C(=O)c3cc4ccccc4o3)CC2)cc1. The Hall–Kier alpha value is -2.97. The third-order valence-corrected chi connectivity index (χ3v) is 7.11. The summed E-state index contributed by atoms with van der Waals surface area (Å²) in [5.41, 5.74) is 1.16. The Balaban J connectivity index is 1.31. The van der Waals surface area contributed by atoms with Crippen molar-refractivity contribution >= 4 is 32.7 Å². The van der Waals surface area contributed by atoms with Crippen molar-refractivity contribution < 1.29 is 22.4 Å². The van der Waals surface area contributed by atoms with Gasteiger partial charge in [0.15, 0.2) is 11.5 Å². The summed E-state index contributed by atoms with van der Waals surface area (Å²) in [6.45, 7) is 2.85. The molecule has 1 amide bonds. The molecule has 0 aliphatic carbocycles. The summed E-state index contributed by atoms with van der Waals surface area (Å²) in [4.78, 5) is 26.0. The normalized spacial score (nSPS) is 15.3. The number of sulfonamides is 1. The predicted molar refractivity (Wildman–Crippen MR) is 116 cm³/mol. The lowest BCUT2D eigenvalue weighted by atomic mass is 9.97. The fraction of sp³-hybridized carbons (Fsp3) is 0.304. The molecule has 0 saturated carbocycles. The predicted octanol–water partition coefficient (Wildman–Crippen LogP) is 3.47. The van der Waals surface area contributed by atoms with Gasteiger partial charge < -0.3 is 9.32 Å². The molecule has 1 aliphatic heterocycles. The summed E-state index contributed by atoms with van der Waals surface area (Å²) in [6.07, 6.45) is 1.41. The minimum absolute atomic E-state index is 0.110. The van der Waals surface area contributed by atoms with E-state index in [2.05, 4.69) is 4.72 Å². The second-order valence-electron chi connectivity index (χ2n) is 7.82. The molecule has 162 valence electrons. The molecule has 2 aromatic carbocycles. The van der Waals surface area contributed by atoms with Crippen LogP contribution < -0.4 is 4.72 Å². The van der Waals surface area contributed by atoms with Crippen LogP contribution in [0.1, 0.15) is 40.7 Å². The lowest BCUT2D eigenvalue weighted by Gasteiger charge is -2.31. The van der Waals surface area contributed by atoms with Crippen LogP contribution in [0.4, 0.5) is 0 Å². The molecule has 31 heavy (non-hydrogen) atoms. The molecule has 0 unspecified atom stereocenters. The number of rotatable bonds is 6. The van der Waals surface area contributed by atoms with Crippen molar-refractivity contribution in [1.82, 2.24) is 9.62 Å².